The zero-order valence-electron chi connectivity index (χ0n) is 10.4. The molecular formula is C13H14N4OS. The van der Waals surface area contributed by atoms with Gasteiger partial charge in [0.2, 0.25) is 0 Å². The van der Waals surface area contributed by atoms with Crippen molar-refractivity contribution < 1.29 is 4.74 Å². The predicted molar refractivity (Wildman–Crippen MR) is 79.8 cm³/mol. The fourth-order valence-electron chi connectivity index (χ4n) is 1.64. The molecule has 0 bridgehead atoms. The number of thiocarbonyl (C=S) groups is 1. The summed E-state index contributed by atoms with van der Waals surface area (Å²) in [5, 5.41) is 4.08. The normalized spacial score (nSPS) is 10.6. The molecule has 0 spiro atoms. The summed E-state index contributed by atoms with van der Waals surface area (Å²) in [6, 6.07) is 11.6. The summed E-state index contributed by atoms with van der Waals surface area (Å²) in [4.78, 5) is 0. The van der Waals surface area contributed by atoms with E-state index in [0.29, 0.717) is 0 Å². The standard InChI is InChI=1S/C13H14N4OS/c1-18-12-6-4-10(5-7-12)17-8-2-3-11(17)9-15-16-13(14)19/h2-9H,1H3,(H3,14,16,19)/b15-9-. The molecule has 0 aliphatic rings. The molecule has 0 aliphatic heterocycles. The van der Waals surface area contributed by atoms with Gasteiger partial charge >= 0.3 is 0 Å². The average Bonchev–Trinajstić information content (AvgIpc) is 2.87. The molecule has 1 heterocycles. The van der Waals surface area contributed by atoms with Gasteiger partial charge in [-0.25, -0.2) is 0 Å². The maximum atomic E-state index is 5.30. The summed E-state index contributed by atoms with van der Waals surface area (Å²) in [6.07, 6.45) is 3.60. The molecule has 98 valence electrons. The highest BCUT2D eigenvalue weighted by Crippen LogP contribution is 2.16. The third kappa shape index (κ3) is 3.32. The van der Waals surface area contributed by atoms with Crippen LogP contribution < -0.4 is 15.9 Å². The van der Waals surface area contributed by atoms with Gasteiger partial charge in [0.1, 0.15) is 5.75 Å². The van der Waals surface area contributed by atoms with Crippen molar-refractivity contribution in [3.8, 4) is 11.4 Å². The summed E-state index contributed by atoms with van der Waals surface area (Å²) in [6.45, 7) is 0. The first-order valence-corrected chi connectivity index (χ1v) is 6.02. The molecule has 0 saturated heterocycles. The minimum Gasteiger partial charge on any atom is -0.497 e. The quantitative estimate of drug-likeness (QED) is 0.505. The van der Waals surface area contributed by atoms with Gasteiger partial charge in [-0.3, -0.25) is 5.43 Å². The highest BCUT2D eigenvalue weighted by molar-refractivity contribution is 7.80. The topological polar surface area (TPSA) is 64.6 Å². The lowest BCUT2D eigenvalue weighted by atomic mass is 10.3. The van der Waals surface area contributed by atoms with Crippen LogP contribution >= 0.6 is 12.2 Å². The number of nitrogens with two attached hydrogens (primary N) is 1. The van der Waals surface area contributed by atoms with Crippen LogP contribution in [0.4, 0.5) is 0 Å². The van der Waals surface area contributed by atoms with Gasteiger partial charge in [-0.15, -0.1) is 0 Å². The van der Waals surface area contributed by atoms with Crippen LogP contribution in [-0.2, 0) is 0 Å². The van der Waals surface area contributed by atoms with E-state index in [1.54, 1.807) is 13.3 Å². The number of aromatic nitrogens is 1. The first-order chi connectivity index (χ1) is 9.20. The second-order valence-corrected chi connectivity index (χ2v) is 4.18. The fraction of sp³-hybridized carbons (Fsp3) is 0.0769. The zero-order valence-corrected chi connectivity index (χ0v) is 11.2. The molecule has 0 aliphatic carbocycles. The molecule has 2 aromatic rings. The number of hydrogen-bond acceptors (Lipinski definition) is 3. The Balaban J connectivity index is 2.22. The van der Waals surface area contributed by atoms with Crippen molar-refractivity contribution >= 4 is 23.5 Å². The molecule has 0 saturated carbocycles. The van der Waals surface area contributed by atoms with Gasteiger partial charge in [-0.05, 0) is 48.6 Å². The van der Waals surface area contributed by atoms with Crippen molar-refractivity contribution in [2.45, 2.75) is 0 Å². The monoisotopic (exact) mass is 274 g/mol. The lowest BCUT2D eigenvalue weighted by Gasteiger charge is -2.07. The van der Waals surface area contributed by atoms with Gasteiger partial charge < -0.3 is 15.0 Å². The molecule has 0 radical (unpaired) electrons. The Morgan fingerprint density at radius 3 is 2.74 bits per heavy atom. The Kier molecular flexibility index (Phi) is 4.15. The minimum absolute atomic E-state index is 0.138. The minimum atomic E-state index is 0.138. The highest BCUT2D eigenvalue weighted by Gasteiger charge is 2.01. The third-order valence-electron chi connectivity index (χ3n) is 2.50. The Hall–Kier alpha value is -2.34. The summed E-state index contributed by atoms with van der Waals surface area (Å²) in [5.74, 6) is 0.821. The molecule has 0 fully saturated rings. The van der Waals surface area contributed by atoms with Crippen molar-refractivity contribution in [2.75, 3.05) is 7.11 Å². The third-order valence-corrected chi connectivity index (χ3v) is 2.59. The molecule has 2 rings (SSSR count). The number of rotatable bonds is 4. The maximum Gasteiger partial charge on any atom is 0.184 e. The summed E-state index contributed by atoms with van der Waals surface area (Å²) >= 11 is 4.68. The van der Waals surface area contributed by atoms with Gasteiger partial charge in [-0.2, -0.15) is 5.10 Å². The molecule has 1 aromatic heterocycles. The van der Waals surface area contributed by atoms with Crippen LogP contribution in [-0.4, -0.2) is 23.0 Å². The van der Waals surface area contributed by atoms with E-state index in [9.17, 15) is 0 Å². The summed E-state index contributed by atoms with van der Waals surface area (Å²) in [5.41, 5.74) is 9.75. The molecule has 3 N–H and O–H groups in total. The van der Waals surface area contributed by atoms with Gasteiger partial charge in [0.05, 0.1) is 19.0 Å². The second-order valence-electron chi connectivity index (χ2n) is 3.74. The second kappa shape index (κ2) is 6.01. The molecule has 0 atom stereocenters. The van der Waals surface area contributed by atoms with Crippen LogP contribution in [0.15, 0.2) is 47.7 Å². The van der Waals surface area contributed by atoms with Crippen LogP contribution in [0.3, 0.4) is 0 Å². The summed E-state index contributed by atoms with van der Waals surface area (Å²) in [7, 11) is 1.64. The van der Waals surface area contributed by atoms with Gasteiger partial charge in [-0.1, -0.05) is 0 Å². The van der Waals surface area contributed by atoms with E-state index in [1.807, 2.05) is 47.2 Å². The van der Waals surface area contributed by atoms with Crippen LogP contribution in [0.2, 0.25) is 0 Å². The molecule has 0 amide bonds. The van der Waals surface area contributed by atoms with Crippen molar-refractivity contribution in [2.24, 2.45) is 10.8 Å². The number of hydrazone groups is 1. The number of nitrogens with zero attached hydrogens (tertiary/aromatic N) is 2. The first kappa shape index (κ1) is 13.1. The van der Waals surface area contributed by atoms with Crippen molar-refractivity contribution in [1.29, 1.82) is 0 Å². The largest absolute Gasteiger partial charge is 0.497 e. The lowest BCUT2D eigenvalue weighted by Crippen LogP contribution is -2.24. The Morgan fingerprint density at radius 1 is 1.37 bits per heavy atom. The molecule has 19 heavy (non-hydrogen) atoms. The van der Waals surface area contributed by atoms with Crippen molar-refractivity contribution in [1.82, 2.24) is 9.99 Å². The lowest BCUT2D eigenvalue weighted by molar-refractivity contribution is 0.415. The number of methoxy groups -OCH3 is 1. The van der Waals surface area contributed by atoms with E-state index < -0.39 is 0 Å². The summed E-state index contributed by atoms with van der Waals surface area (Å²) < 4.78 is 7.12. The van der Waals surface area contributed by atoms with E-state index in [0.717, 1.165) is 17.1 Å². The molecule has 0 unspecified atom stereocenters. The van der Waals surface area contributed by atoms with Crippen LogP contribution in [0.5, 0.6) is 5.75 Å². The molecule has 5 nitrogen and oxygen atoms in total. The van der Waals surface area contributed by atoms with E-state index in [2.05, 4.69) is 22.7 Å². The van der Waals surface area contributed by atoms with Gasteiger partial charge in [0.25, 0.3) is 0 Å². The van der Waals surface area contributed by atoms with Crippen LogP contribution in [0.25, 0.3) is 5.69 Å². The van der Waals surface area contributed by atoms with Gasteiger partial charge in [0.15, 0.2) is 5.11 Å². The Morgan fingerprint density at radius 2 is 2.11 bits per heavy atom. The van der Waals surface area contributed by atoms with Crippen molar-refractivity contribution in [3.05, 3.63) is 48.3 Å². The number of ether oxygens (including phenoxy) is 1. The zero-order chi connectivity index (χ0) is 13.7. The van der Waals surface area contributed by atoms with Gasteiger partial charge in [0, 0.05) is 11.9 Å². The highest BCUT2D eigenvalue weighted by atomic mass is 32.1. The smallest absolute Gasteiger partial charge is 0.184 e. The van der Waals surface area contributed by atoms with E-state index in [1.165, 1.54) is 0 Å². The maximum absolute atomic E-state index is 5.30. The van der Waals surface area contributed by atoms with Crippen LogP contribution in [0, 0.1) is 0 Å². The Labute approximate surface area is 116 Å². The van der Waals surface area contributed by atoms with E-state index >= 15 is 0 Å². The van der Waals surface area contributed by atoms with E-state index in [-0.39, 0.29) is 5.11 Å². The van der Waals surface area contributed by atoms with Crippen molar-refractivity contribution in [3.63, 3.8) is 0 Å². The fourth-order valence-corrected chi connectivity index (χ4v) is 1.69. The number of nitrogens with one attached hydrogen (secondary N) is 1. The first-order valence-electron chi connectivity index (χ1n) is 5.61. The molecule has 1 aromatic carbocycles. The SMILES string of the molecule is COc1ccc(-n2cccc2/C=N\NC(N)=S)cc1. The predicted octanol–water partition coefficient (Wildman–Crippen LogP) is 1.65. The molecular weight excluding hydrogens is 260 g/mol. The number of benzene rings is 1. The Bertz CT molecular complexity index is 589. The van der Waals surface area contributed by atoms with Crippen LogP contribution in [0.1, 0.15) is 5.69 Å². The molecule has 6 heteroatoms. The average molecular weight is 274 g/mol. The number of hydrogen-bond donors (Lipinski definition) is 2. The van der Waals surface area contributed by atoms with E-state index in [4.69, 9.17) is 10.5 Å².